The van der Waals surface area contributed by atoms with Crippen LogP contribution in [-0.4, -0.2) is 27.1 Å². The second-order valence-corrected chi connectivity index (χ2v) is 8.00. The predicted molar refractivity (Wildman–Crippen MR) is 70.0 cm³/mol. The maximum absolute atomic E-state index is 3.72. The normalized spacial score (nSPS) is 28.5. The minimum absolute atomic E-state index is 0.581. The summed E-state index contributed by atoms with van der Waals surface area (Å²) in [5.74, 6) is 5.88. The van der Waals surface area contributed by atoms with Crippen LogP contribution < -0.4 is 0 Å². The molecule has 0 aromatic heterocycles. The Hall–Kier alpha value is 0.790. The molecule has 2 atom stereocenters. The fourth-order valence-corrected chi connectivity index (χ4v) is 3.88. The highest BCUT2D eigenvalue weighted by molar-refractivity contribution is 8.24. The second-order valence-electron chi connectivity index (χ2n) is 3.66. The van der Waals surface area contributed by atoms with Gasteiger partial charge >= 0.3 is 0 Å². The average molecular weight is 234 g/mol. The Bertz CT molecular complexity index is 164. The minimum atomic E-state index is 0.581. The molecular formula is C10H18S3. The maximum Gasteiger partial charge on any atom is 0.0674 e. The van der Waals surface area contributed by atoms with E-state index in [1.165, 1.54) is 17.3 Å². The molecule has 0 saturated carbocycles. The third kappa shape index (κ3) is 5.28. The summed E-state index contributed by atoms with van der Waals surface area (Å²) in [5, 5.41) is 0. The summed E-state index contributed by atoms with van der Waals surface area (Å²) >= 11 is 6.21. The molecule has 1 fully saturated rings. The van der Waals surface area contributed by atoms with Crippen molar-refractivity contribution in [1.82, 2.24) is 0 Å². The molecule has 1 saturated heterocycles. The Morgan fingerprint density at radius 1 is 1.62 bits per heavy atom. The Morgan fingerprint density at radius 3 is 2.85 bits per heavy atom. The van der Waals surface area contributed by atoms with Crippen molar-refractivity contribution in [3.8, 4) is 0 Å². The van der Waals surface area contributed by atoms with Crippen molar-refractivity contribution < 1.29 is 0 Å². The molecule has 0 amide bonds. The van der Waals surface area contributed by atoms with Crippen molar-refractivity contribution in [2.75, 3.05) is 23.0 Å². The molecule has 13 heavy (non-hydrogen) atoms. The first-order valence-corrected chi connectivity index (χ1v) is 7.75. The van der Waals surface area contributed by atoms with E-state index in [4.69, 9.17) is 0 Å². The molecular weight excluding hydrogens is 216 g/mol. The van der Waals surface area contributed by atoms with Gasteiger partial charge in [0.05, 0.1) is 4.08 Å². The Balaban J connectivity index is 1.97. The van der Waals surface area contributed by atoms with Gasteiger partial charge in [0, 0.05) is 11.5 Å². The first-order valence-electron chi connectivity index (χ1n) is 4.63. The lowest BCUT2D eigenvalue weighted by Gasteiger charge is -2.12. The van der Waals surface area contributed by atoms with E-state index >= 15 is 0 Å². The fraction of sp³-hybridized carbons (Fsp3) is 0.800. The van der Waals surface area contributed by atoms with E-state index in [1.807, 2.05) is 17.8 Å². The summed E-state index contributed by atoms with van der Waals surface area (Å²) in [5.41, 5.74) is 0. The van der Waals surface area contributed by atoms with Gasteiger partial charge in [-0.1, -0.05) is 13.0 Å². The van der Waals surface area contributed by atoms with Crippen molar-refractivity contribution in [2.45, 2.75) is 17.9 Å². The third-order valence-electron chi connectivity index (χ3n) is 1.86. The number of hydrogen-bond acceptors (Lipinski definition) is 3. The highest BCUT2D eigenvalue weighted by atomic mass is 32.2. The molecule has 0 aliphatic carbocycles. The third-order valence-corrected chi connectivity index (χ3v) is 6.65. The van der Waals surface area contributed by atoms with Crippen LogP contribution in [0.4, 0.5) is 0 Å². The lowest BCUT2D eigenvalue weighted by molar-refractivity contribution is 0.762. The van der Waals surface area contributed by atoms with E-state index in [-0.39, 0.29) is 0 Å². The van der Waals surface area contributed by atoms with Crippen LogP contribution in [0.1, 0.15) is 13.8 Å². The zero-order valence-corrected chi connectivity index (χ0v) is 10.9. The van der Waals surface area contributed by atoms with E-state index in [9.17, 15) is 0 Å². The van der Waals surface area contributed by atoms with Crippen LogP contribution in [0.2, 0.25) is 0 Å². The largest absolute Gasteiger partial charge is 0.158 e. The van der Waals surface area contributed by atoms with Crippen LogP contribution in [-0.2, 0) is 0 Å². The molecule has 76 valence electrons. The SMILES string of the molecule is C=CCSCC(C)CSC1(C)CS1. The second kappa shape index (κ2) is 5.62. The first-order chi connectivity index (χ1) is 6.16. The monoisotopic (exact) mass is 234 g/mol. The number of rotatable bonds is 7. The Labute approximate surface area is 94.7 Å². The zero-order valence-electron chi connectivity index (χ0n) is 8.41. The lowest BCUT2D eigenvalue weighted by Crippen LogP contribution is -2.06. The smallest absolute Gasteiger partial charge is 0.0674 e. The summed E-state index contributed by atoms with van der Waals surface area (Å²) in [6, 6.07) is 0. The summed E-state index contributed by atoms with van der Waals surface area (Å²) in [6.45, 7) is 8.42. The standard InChI is InChI=1S/C10H18S3/c1-4-5-11-6-9(2)7-12-10(3)8-13-10/h4,9H,1,5-8H2,2-3H3. The van der Waals surface area contributed by atoms with Gasteiger partial charge in [0.2, 0.25) is 0 Å². The zero-order chi connectivity index (χ0) is 9.73. The highest BCUT2D eigenvalue weighted by Gasteiger charge is 2.39. The van der Waals surface area contributed by atoms with Gasteiger partial charge in [-0.2, -0.15) is 11.8 Å². The summed E-state index contributed by atoms with van der Waals surface area (Å²) in [4.78, 5) is 0. The average Bonchev–Trinajstić information content (AvgIpc) is 2.82. The van der Waals surface area contributed by atoms with Gasteiger partial charge in [0.15, 0.2) is 0 Å². The Kier molecular flexibility index (Phi) is 5.13. The fourth-order valence-electron chi connectivity index (χ4n) is 0.904. The first kappa shape index (κ1) is 11.9. The molecule has 0 N–H and O–H groups in total. The molecule has 1 aliphatic heterocycles. The molecule has 0 aromatic rings. The molecule has 1 heterocycles. The van der Waals surface area contributed by atoms with Crippen LogP contribution in [0.3, 0.4) is 0 Å². The van der Waals surface area contributed by atoms with E-state index < -0.39 is 0 Å². The quantitative estimate of drug-likeness (QED) is 0.374. The van der Waals surface area contributed by atoms with Gasteiger partial charge in [-0.05, 0) is 24.3 Å². The van der Waals surface area contributed by atoms with Crippen LogP contribution in [0.15, 0.2) is 12.7 Å². The topological polar surface area (TPSA) is 0 Å². The minimum Gasteiger partial charge on any atom is -0.158 e. The molecule has 0 aromatic carbocycles. The van der Waals surface area contributed by atoms with E-state index in [0.717, 1.165) is 11.7 Å². The molecule has 1 rings (SSSR count). The van der Waals surface area contributed by atoms with Crippen LogP contribution >= 0.6 is 35.3 Å². The summed E-state index contributed by atoms with van der Waals surface area (Å²) in [6.07, 6.45) is 1.99. The van der Waals surface area contributed by atoms with Gasteiger partial charge in [-0.3, -0.25) is 0 Å². The van der Waals surface area contributed by atoms with Gasteiger partial charge in [0.1, 0.15) is 0 Å². The number of hydrogen-bond donors (Lipinski definition) is 0. The van der Waals surface area contributed by atoms with Crippen LogP contribution in [0.25, 0.3) is 0 Å². The van der Waals surface area contributed by atoms with Crippen molar-refractivity contribution in [3.05, 3.63) is 12.7 Å². The Morgan fingerprint density at radius 2 is 2.31 bits per heavy atom. The van der Waals surface area contributed by atoms with Crippen molar-refractivity contribution in [2.24, 2.45) is 5.92 Å². The van der Waals surface area contributed by atoms with E-state index in [0.29, 0.717) is 4.08 Å². The van der Waals surface area contributed by atoms with Crippen LogP contribution in [0, 0.1) is 5.92 Å². The highest BCUT2D eigenvalue weighted by Crippen LogP contribution is 2.53. The van der Waals surface area contributed by atoms with Crippen molar-refractivity contribution >= 4 is 35.3 Å². The molecule has 0 spiro atoms. The molecule has 2 unspecified atom stereocenters. The molecule has 1 aliphatic rings. The maximum atomic E-state index is 3.72. The van der Waals surface area contributed by atoms with Crippen molar-refractivity contribution in [3.63, 3.8) is 0 Å². The van der Waals surface area contributed by atoms with Crippen LogP contribution in [0.5, 0.6) is 0 Å². The van der Waals surface area contributed by atoms with Gasteiger partial charge in [-0.25, -0.2) is 0 Å². The van der Waals surface area contributed by atoms with Gasteiger partial charge < -0.3 is 0 Å². The molecule has 0 nitrogen and oxygen atoms in total. The van der Waals surface area contributed by atoms with Gasteiger partial charge in [0.25, 0.3) is 0 Å². The van der Waals surface area contributed by atoms with E-state index in [1.54, 1.807) is 0 Å². The summed E-state index contributed by atoms with van der Waals surface area (Å²) in [7, 11) is 0. The molecule has 3 heteroatoms. The lowest BCUT2D eigenvalue weighted by atomic mass is 10.3. The number of thioether (sulfide) groups is 3. The van der Waals surface area contributed by atoms with Gasteiger partial charge in [-0.15, -0.1) is 30.1 Å². The molecule has 0 radical (unpaired) electrons. The summed E-state index contributed by atoms with van der Waals surface area (Å²) < 4.78 is 0.581. The molecule has 0 bridgehead atoms. The van der Waals surface area contributed by atoms with Crippen molar-refractivity contribution in [1.29, 1.82) is 0 Å². The van der Waals surface area contributed by atoms with E-state index in [2.05, 4.69) is 44.0 Å². The predicted octanol–water partition coefficient (Wildman–Crippen LogP) is 3.74.